The lowest BCUT2D eigenvalue weighted by atomic mass is 9.99. The molecular weight excluding hydrogens is 358 g/mol. The van der Waals surface area contributed by atoms with Crippen LogP contribution in [0.3, 0.4) is 0 Å². The molecule has 0 aliphatic carbocycles. The van der Waals surface area contributed by atoms with Gasteiger partial charge in [0.05, 0.1) is 17.5 Å². The first-order chi connectivity index (χ1) is 13.2. The minimum absolute atomic E-state index is 0.160. The monoisotopic (exact) mass is 381 g/mol. The van der Waals surface area contributed by atoms with Gasteiger partial charge in [0.1, 0.15) is 11.0 Å². The summed E-state index contributed by atoms with van der Waals surface area (Å²) in [7, 11) is -1.11. The molecule has 3 aromatic rings. The first-order valence-electron chi connectivity index (χ1n) is 9.51. The van der Waals surface area contributed by atoms with Crippen LogP contribution in [0, 0.1) is 0 Å². The van der Waals surface area contributed by atoms with Crippen LogP contribution in [0.2, 0.25) is 0 Å². The van der Waals surface area contributed by atoms with Crippen molar-refractivity contribution in [3.05, 3.63) is 48.5 Å². The molecule has 0 saturated carbocycles. The molecule has 5 nitrogen and oxygen atoms in total. The Morgan fingerprint density at radius 1 is 1.11 bits per heavy atom. The van der Waals surface area contributed by atoms with E-state index in [9.17, 15) is 9.32 Å². The van der Waals surface area contributed by atoms with E-state index >= 15 is 0 Å². The van der Waals surface area contributed by atoms with Crippen LogP contribution >= 0.6 is 0 Å². The zero-order valence-electron chi connectivity index (χ0n) is 15.1. The van der Waals surface area contributed by atoms with E-state index in [2.05, 4.69) is 40.2 Å². The van der Waals surface area contributed by atoms with Crippen LogP contribution in [-0.2, 0) is 11.0 Å². The van der Waals surface area contributed by atoms with E-state index in [1.165, 1.54) is 0 Å². The van der Waals surface area contributed by atoms with Crippen LogP contribution < -0.4 is 4.90 Å². The van der Waals surface area contributed by atoms with E-state index in [1.807, 2.05) is 22.5 Å². The topological polar surface area (TPSA) is 59.6 Å². The van der Waals surface area contributed by atoms with Gasteiger partial charge in [0, 0.05) is 47.5 Å². The van der Waals surface area contributed by atoms with Crippen molar-refractivity contribution in [1.82, 2.24) is 9.29 Å². The minimum Gasteiger partial charge on any atom is -0.394 e. The fourth-order valence-electron chi connectivity index (χ4n) is 3.86. The number of fused-ring (bicyclic) bond motifs is 1. The third kappa shape index (κ3) is 2.88. The molecule has 6 heteroatoms. The molecule has 2 atom stereocenters. The van der Waals surface area contributed by atoms with Crippen molar-refractivity contribution in [2.24, 2.45) is 0 Å². The van der Waals surface area contributed by atoms with Gasteiger partial charge in [-0.15, -0.1) is 0 Å². The number of anilines is 1. The lowest BCUT2D eigenvalue weighted by Crippen LogP contribution is -2.50. The Morgan fingerprint density at radius 3 is 2.63 bits per heavy atom. The molecule has 0 bridgehead atoms. The largest absolute Gasteiger partial charge is 0.394 e. The highest BCUT2D eigenvalue weighted by Gasteiger charge is 2.30. The van der Waals surface area contributed by atoms with Crippen molar-refractivity contribution in [3.63, 3.8) is 0 Å². The number of aliphatic hydroxyl groups excluding tert-OH is 1. The van der Waals surface area contributed by atoms with E-state index in [0.29, 0.717) is 0 Å². The first kappa shape index (κ1) is 17.0. The van der Waals surface area contributed by atoms with Crippen molar-refractivity contribution < 1.29 is 9.32 Å². The molecule has 0 amide bonds. The number of H-pyrrole nitrogens is 1. The van der Waals surface area contributed by atoms with E-state index < -0.39 is 11.0 Å². The normalized spacial score (nSPS) is 21.1. The van der Waals surface area contributed by atoms with Crippen molar-refractivity contribution in [2.75, 3.05) is 31.1 Å². The Balaban J connectivity index is 1.61. The molecule has 140 valence electrons. The van der Waals surface area contributed by atoms with E-state index in [4.69, 9.17) is 0 Å². The second-order valence-corrected chi connectivity index (χ2v) is 8.79. The number of aromatic nitrogens is 1. The summed E-state index contributed by atoms with van der Waals surface area (Å²) < 4.78 is 14.8. The Labute approximate surface area is 161 Å². The van der Waals surface area contributed by atoms with Crippen LogP contribution in [0.5, 0.6) is 0 Å². The van der Waals surface area contributed by atoms with E-state index in [-0.39, 0.29) is 12.6 Å². The molecule has 2 fully saturated rings. The molecule has 3 heterocycles. The summed E-state index contributed by atoms with van der Waals surface area (Å²) in [5.74, 6) is 0. The fourth-order valence-corrected chi connectivity index (χ4v) is 5.15. The third-order valence-electron chi connectivity index (χ3n) is 5.70. The molecular formula is C21H23N3O2S. The van der Waals surface area contributed by atoms with Gasteiger partial charge >= 0.3 is 0 Å². The maximum Gasteiger partial charge on any atom is 0.127 e. The summed E-state index contributed by atoms with van der Waals surface area (Å²) >= 11 is 0. The summed E-state index contributed by atoms with van der Waals surface area (Å²) in [6, 6.07) is 16.6. The number of hydrogen-bond donors (Lipinski definition) is 2. The van der Waals surface area contributed by atoms with Gasteiger partial charge in [-0.25, -0.2) is 8.51 Å². The standard InChI is InChI=1S/C21H23N3O2S/c25-14-16-8-11-24(16)21-7-6-17(27(26)23-9-3-10-23)13-18(21)20-12-15-4-1-2-5-19(15)22-20/h1-2,4-7,12-13,16,22,25H,3,8-11,14H2. The molecule has 2 saturated heterocycles. The number of nitrogens with zero attached hydrogens (tertiary/aromatic N) is 2. The van der Waals surface area contributed by atoms with Gasteiger partial charge in [-0.3, -0.25) is 0 Å². The van der Waals surface area contributed by atoms with E-state index in [0.717, 1.165) is 65.2 Å². The van der Waals surface area contributed by atoms with Crippen LogP contribution in [-0.4, -0.2) is 50.9 Å². The van der Waals surface area contributed by atoms with Crippen LogP contribution in [0.15, 0.2) is 53.4 Å². The van der Waals surface area contributed by atoms with E-state index in [1.54, 1.807) is 0 Å². The minimum atomic E-state index is -1.11. The Hall–Kier alpha value is -2.15. The number of benzene rings is 2. The Kier molecular flexibility index (Phi) is 4.27. The number of para-hydroxylation sites is 1. The summed E-state index contributed by atoms with van der Waals surface area (Å²) in [5, 5.41) is 10.8. The Bertz CT molecular complexity index is 977. The van der Waals surface area contributed by atoms with Crippen LogP contribution in [0.25, 0.3) is 22.2 Å². The third-order valence-corrected chi connectivity index (χ3v) is 7.19. The van der Waals surface area contributed by atoms with Crippen LogP contribution in [0.4, 0.5) is 5.69 Å². The van der Waals surface area contributed by atoms with Gasteiger partial charge in [0.2, 0.25) is 0 Å². The molecule has 2 unspecified atom stereocenters. The fraction of sp³-hybridized carbons (Fsp3) is 0.333. The zero-order valence-corrected chi connectivity index (χ0v) is 15.9. The number of hydrogen-bond acceptors (Lipinski definition) is 3. The predicted molar refractivity (Wildman–Crippen MR) is 109 cm³/mol. The zero-order chi connectivity index (χ0) is 18.4. The molecule has 5 rings (SSSR count). The van der Waals surface area contributed by atoms with Crippen molar-refractivity contribution in [3.8, 4) is 11.3 Å². The molecule has 1 aromatic heterocycles. The number of aliphatic hydroxyl groups is 1. The average Bonchev–Trinajstić information content (AvgIpc) is 3.04. The molecule has 2 aliphatic rings. The smallest absolute Gasteiger partial charge is 0.127 e. The number of aromatic amines is 1. The second kappa shape index (κ2) is 6.78. The van der Waals surface area contributed by atoms with Crippen molar-refractivity contribution in [1.29, 1.82) is 0 Å². The number of nitrogens with one attached hydrogen (secondary N) is 1. The van der Waals surface area contributed by atoms with Crippen molar-refractivity contribution >= 4 is 27.6 Å². The molecule has 2 aliphatic heterocycles. The summed E-state index contributed by atoms with van der Waals surface area (Å²) in [5.41, 5.74) is 4.26. The summed E-state index contributed by atoms with van der Waals surface area (Å²) in [4.78, 5) is 6.60. The SMILES string of the molecule is O=S(c1ccc(N2CCC2CO)c(-c2cc3ccccc3[nH]2)c1)N1CCC1. The maximum atomic E-state index is 12.8. The highest BCUT2D eigenvalue weighted by Crippen LogP contribution is 2.38. The molecule has 2 aromatic carbocycles. The highest BCUT2D eigenvalue weighted by molar-refractivity contribution is 7.82. The molecule has 0 radical (unpaired) electrons. The second-order valence-electron chi connectivity index (χ2n) is 7.30. The molecule has 2 N–H and O–H groups in total. The quantitative estimate of drug-likeness (QED) is 0.714. The Morgan fingerprint density at radius 2 is 1.96 bits per heavy atom. The maximum absolute atomic E-state index is 12.8. The van der Waals surface area contributed by atoms with Gasteiger partial charge < -0.3 is 15.0 Å². The molecule has 0 spiro atoms. The predicted octanol–water partition coefficient (Wildman–Crippen LogP) is 3.13. The molecule has 27 heavy (non-hydrogen) atoms. The van der Waals surface area contributed by atoms with Gasteiger partial charge in [0.15, 0.2) is 0 Å². The average molecular weight is 382 g/mol. The highest BCUT2D eigenvalue weighted by atomic mass is 32.2. The first-order valence-corrected chi connectivity index (χ1v) is 10.6. The summed E-state index contributed by atoms with van der Waals surface area (Å²) in [6.07, 6.45) is 2.12. The van der Waals surface area contributed by atoms with Gasteiger partial charge in [-0.05, 0) is 43.2 Å². The summed E-state index contributed by atoms with van der Waals surface area (Å²) in [6.45, 7) is 2.89. The lowest BCUT2D eigenvalue weighted by Gasteiger charge is -2.43. The van der Waals surface area contributed by atoms with Crippen LogP contribution in [0.1, 0.15) is 12.8 Å². The van der Waals surface area contributed by atoms with Gasteiger partial charge in [-0.1, -0.05) is 18.2 Å². The van der Waals surface area contributed by atoms with Gasteiger partial charge in [0.25, 0.3) is 0 Å². The van der Waals surface area contributed by atoms with Gasteiger partial charge in [-0.2, -0.15) is 0 Å². The lowest BCUT2D eigenvalue weighted by molar-refractivity contribution is 0.226. The number of rotatable bonds is 5. The van der Waals surface area contributed by atoms with Crippen molar-refractivity contribution in [2.45, 2.75) is 23.8 Å².